The predicted octanol–water partition coefficient (Wildman–Crippen LogP) is 4.36. The number of hydrogen-bond acceptors (Lipinski definition) is 3. The summed E-state index contributed by atoms with van der Waals surface area (Å²) in [4.78, 5) is 26.8. The van der Waals surface area contributed by atoms with Gasteiger partial charge in [0.05, 0.1) is 6.61 Å². The predicted molar refractivity (Wildman–Crippen MR) is 116 cm³/mol. The van der Waals surface area contributed by atoms with Crippen molar-refractivity contribution >= 4 is 23.4 Å². The van der Waals surface area contributed by atoms with Gasteiger partial charge in [-0.05, 0) is 57.0 Å². The molecule has 0 aromatic heterocycles. The highest BCUT2D eigenvalue weighted by molar-refractivity contribution is 6.30. The van der Waals surface area contributed by atoms with Gasteiger partial charge in [0, 0.05) is 24.5 Å². The minimum atomic E-state index is -0.559. The second-order valence-corrected chi connectivity index (χ2v) is 7.42. The zero-order valence-electron chi connectivity index (χ0n) is 17.3. The third kappa shape index (κ3) is 7.42. The molecule has 5 nitrogen and oxygen atoms in total. The van der Waals surface area contributed by atoms with Gasteiger partial charge in [-0.25, -0.2) is 0 Å². The number of benzene rings is 2. The summed E-state index contributed by atoms with van der Waals surface area (Å²) >= 11 is 5.95. The summed E-state index contributed by atoms with van der Waals surface area (Å²) in [6, 6.07) is 14.6. The van der Waals surface area contributed by atoms with E-state index in [1.807, 2.05) is 50.2 Å². The lowest BCUT2D eigenvalue weighted by Crippen LogP contribution is -2.47. The second-order valence-electron chi connectivity index (χ2n) is 6.98. The van der Waals surface area contributed by atoms with E-state index < -0.39 is 6.04 Å². The van der Waals surface area contributed by atoms with Crippen LogP contribution in [0.2, 0.25) is 5.02 Å². The van der Waals surface area contributed by atoms with Crippen LogP contribution in [0.4, 0.5) is 0 Å². The van der Waals surface area contributed by atoms with Gasteiger partial charge in [-0.3, -0.25) is 9.59 Å². The number of rotatable bonds is 10. The zero-order valence-corrected chi connectivity index (χ0v) is 18.0. The first-order valence-corrected chi connectivity index (χ1v) is 10.3. The lowest BCUT2D eigenvalue weighted by Gasteiger charge is -2.28. The summed E-state index contributed by atoms with van der Waals surface area (Å²) in [6.45, 7) is 6.95. The maximum atomic E-state index is 12.9. The number of ether oxygens (including phenoxy) is 1. The number of amides is 2. The molecule has 0 heterocycles. The van der Waals surface area contributed by atoms with Gasteiger partial charge >= 0.3 is 0 Å². The number of carbonyl (C=O) groups excluding carboxylic acids is 2. The molecule has 1 unspecified atom stereocenters. The van der Waals surface area contributed by atoms with Crippen molar-refractivity contribution in [1.29, 1.82) is 0 Å². The number of aryl methyl sites for hydroxylation is 1. The third-order valence-corrected chi connectivity index (χ3v) is 4.86. The molecule has 2 aromatic carbocycles. The van der Waals surface area contributed by atoms with Gasteiger partial charge in [0.25, 0.3) is 0 Å². The van der Waals surface area contributed by atoms with Gasteiger partial charge in [-0.2, -0.15) is 0 Å². The number of nitrogens with one attached hydrogen (secondary N) is 1. The molecule has 6 heteroatoms. The second kappa shape index (κ2) is 11.5. The molecule has 0 saturated carbocycles. The monoisotopic (exact) mass is 416 g/mol. The minimum absolute atomic E-state index is 0.0776. The number of likely N-dealkylation sites (N-methyl/N-ethyl adjacent to an activating group) is 1. The Hall–Kier alpha value is -2.53. The molecule has 29 heavy (non-hydrogen) atoms. The van der Waals surface area contributed by atoms with E-state index in [1.165, 1.54) is 5.56 Å². The van der Waals surface area contributed by atoms with E-state index in [0.29, 0.717) is 37.6 Å². The highest BCUT2D eigenvalue weighted by Crippen LogP contribution is 2.16. The van der Waals surface area contributed by atoms with Crippen LogP contribution in [0.5, 0.6) is 5.75 Å². The van der Waals surface area contributed by atoms with Crippen molar-refractivity contribution in [2.24, 2.45) is 0 Å². The first kappa shape index (κ1) is 22.8. The molecule has 0 bridgehead atoms. The quantitative estimate of drug-likeness (QED) is 0.585. The summed E-state index contributed by atoms with van der Waals surface area (Å²) in [5.74, 6) is 0.550. The standard InChI is InChI=1S/C23H29ClN2O3/c1-4-25-23(28)18(3)26(16-19-9-11-20(24)12-10-19)22(27)6-5-15-29-21-13-7-17(2)8-14-21/h7-14,18H,4-6,15-16H2,1-3H3,(H,25,28). The molecule has 1 atom stereocenters. The Labute approximate surface area is 178 Å². The van der Waals surface area contributed by atoms with Gasteiger partial charge in [-0.15, -0.1) is 0 Å². The molecule has 0 aliphatic heterocycles. The number of nitrogens with zero attached hydrogens (tertiary/aromatic N) is 1. The van der Waals surface area contributed by atoms with Crippen LogP contribution >= 0.6 is 11.6 Å². The molecule has 2 rings (SSSR count). The fourth-order valence-corrected chi connectivity index (χ4v) is 3.01. The van der Waals surface area contributed by atoms with Crippen molar-refractivity contribution in [1.82, 2.24) is 10.2 Å². The number of halogens is 1. The smallest absolute Gasteiger partial charge is 0.242 e. The Morgan fingerprint density at radius 3 is 2.38 bits per heavy atom. The van der Waals surface area contributed by atoms with E-state index in [-0.39, 0.29) is 11.8 Å². The lowest BCUT2D eigenvalue weighted by atomic mass is 10.1. The van der Waals surface area contributed by atoms with Crippen molar-refractivity contribution in [3.63, 3.8) is 0 Å². The van der Waals surface area contributed by atoms with Gasteiger partial charge < -0.3 is 15.0 Å². The maximum absolute atomic E-state index is 12.9. The topological polar surface area (TPSA) is 58.6 Å². The van der Waals surface area contributed by atoms with Crippen molar-refractivity contribution in [2.75, 3.05) is 13.2 Å². The van der Waals surface area contributed by atoms with Crippen LogP contribution in [0.15, 0.2) is 48.5 Å². The van der Waals surface area contributed by atoms with Gasteiger partial charge in [0.2, 0.25) is 11.8 Å². The normalized spacial score (nSPS) is 11.6. The SMILES string of the molecule is CCNC(=O)C(C)N(Cc1ccc(Cl)cc1)C(=O)CCCOc1ccc(C)cc1. The third-order valence-electron chi connectivity index (χ3n) is 4.61. The van der Waals surface area contributed by atoms with E-state index in [9.17, 15) is 9.59 Å². The Morgan fingerprint density at radius 1 is 1.10 bits per heavy atom. The number of hydrogen-bond donors (Lipinski definition) is 1. The van der Waals surface area contributed by atoms with E-state index in [1.54, 1.807) is 24.0 Å². The molecule has 2 aromatic rings. The average Bonchev–Trinajstić information content (AvgIpc) is 2.71. The largest absolute Gasteiger partial charge is 0.494 e. The average molecular weight is 417 g/mol. The Bertz CT molecular complexity index is 791. The van der Waals surface area contributed by atoms with E-state index >= 15 is 0 Å². The van der Waals surface area contributed by atoms with Crippen molar-refractivity contribution in [2.45, 2.75) is 46.2 Å². The molecule has 0 radical (unpaired) electrons. The van der Waals surface area contributed by atoms with E-state index in [4.69, 9.17) is 16.3 Å². The van der Waals surface area contributed by atoms with Crippen molar-refractivity contribution in [3.05, 3.63) is 64.7 Å². The summed E-state index contributed by atoms with van der Waals surface area (Å²) in [5, 5.41) is 3.43. The zero-order chi connectivity index (χ0) is 21.2. The van der Waals surface area contributed by atoms with Crippen molar-refractivity contribution < 1.29 is 14.3 Å². The lowest BCUT2D eigenvalue weighted by molar-refractivity contribution is -0.140. The van der Waals surface area contributed by atoms with Crippen molar-refractivity contribution in [3.8, 4) is 5.75 Å². The van der Waals surface area contributed by atoms with E-state index in [2.05, 4.69) is 5.32 Å². The Balaban J connectivity index is 1.96. The molecule has 2 amide bonds. The van der Waals surface area contributed by atoms with Crippen LogP contribution in [0.25, 0.3) is 0 Å². The summed E-state index contributed by atoms with van der Waals surface area (Å²) < 4.78 is 5.70. The first-order chi connectivity index (χ1) is 13.9. The van der Waals surface area contributed by atoms with Gasteiger partial charge in [0.1, 0.15) is 11.8 Å². The molecule has 0 aliphatic carbocycles. The molecule has 1 N–H and O–H groups in total. The summed E-state index contributed by atoms with van der Waals surface area (Å²) in [6.07, 6.45) is 0.884. The summed E-state index contributed by atoms with van der Waals surface area (Å²) in [7, 11) is 0. The number of carbonyl (C=O) groups is 2. The Morgan fingerprint density at radius 2 is 1.76 bits per heavy atom. The highest BCUT2D eigenvalue weighted by Gasteiger charge is 2.25. The molecule has 0 saturated heterocycles. The van der Waals surface area contributed by atoms with Crippen LogP contribution in [0.1, 0.15) is 37.8 Å². The fraction of sp³-hybridized carbons (Fsp3) is 0.391. The van der Waals surface area contributed by atoms with Crippen LogP contribution < -0.4 is 10.1 Å². The van der Waals surface area contributed by atoms with Crippen LogP contribution in [0, 0.1) is 6.92 Å². The molecular formula is C23H29ClN2O3. The first-order valence-electron chi connectivity index (χ1n) is 9.91. The van der Waals surface area contributed by atoms with Gasteiger partial charge in [-0.1, -0.05) is 41.4 Å². The fourth-order valence-electron chi connectivity index (χ4n) is 2.88. The van der Waals surface area contributed by atoms with Gasteiger partial charge in [0.15, 0.2) is 0 Å². The minimum Gasteiger partial charge on any atom is -0.494 e. The molecule has 156 valence electrons. The van der Waals surface area contributed by atoms with Crippen LogP contribution in [-0.2, 0) is 16.1 Å². The van der Waals surface area contributed by atoms with Crippen LogP contribution in [-0.4, -0.2) is 35.9 Å². The maximum Gasteiger partial charge on any atom is 0.242 e. The summed E-state index contributed by atoms with van der Waals surface area (Å²) in [5.41, 5.74) is 2.10. The highest BCUT2D eigenvalue weighted by atomic mass is 35.5. The Kier molecular flexibility index (Phi) is 9.00. The molecule has 0 spiro atoms. The van der Waals surface area contributed by atoms with E-state index in [0.717, 1.165) is 11.3 Å². The van der Waals surface area contributed by atoms with Crippen LogP contribution in [0.3, 0.4) is 0 Å². The molecular weight excluding hydrogens is 388 g/mol. The molecule has 0 aliphatic rings. The molecule has 0 fully saturated rings.